The first kappa shape index (κ1) is 11.6. The number of hydrogen-bond acceptors (Lipinski definition) is 5. The van der Waals surface area contributed by atoms with Gasteiger partial charge in [0.1, 0.15) is 0 Å². The third-order valence-corrected chi connectivity index (χ3v) is 2.41. The molecule has 0 aliphatic rings. The lowest BCUT2D eigenvalue weighted by Crippen LogP contribution is -2.01. The topological polar surface area (TPSA) is 63.8 Å². The first-order chi connectivity index (χ1) is 8.40. The molecule has 0 spiro atoms. The van der Waals surface area contributed by atoms with Crippen molar-refractivity contribution >= 4 is 6.01 Å². The average molecular weight is 232 g/mol. The number of hydrogen-bond donors (Lipinski definition) is 1. The second-order valence-corrected chi connectivity index (χ2v) is 3.78. The summed E-state index contributed by atoms with van der Waals surface area (Å²) in [5, 5.41) is 11.0. The van der Waals surface area contributed by atoms with E-state index >= 15 is 0 Å². The molecular formula is C12H16N4O. The summed E-state index contributed by atoms with van der Waals surface area (Å²) >= 11 is 0. The fourth-order valence-electron chi connectivity index (χ4n) is 1.48. The molecular weight excluding hydrogens is 216 g/mol. The summed E-state index contributed by atoms with van der Waals surface area (Å²) in [6.45, 7) is 3.04. The van der Waals surface area contributed by atoms with Crippen LogP contribution >= 0.6 is 0 Å². The zero-order valence-corrected chi connectivity index (χ0v) is 9.89. The lowest BCUT2D eigenvalue weighted by molar-refractivity contribution is 0.577. The van der Waals surface area contributed by atoms with Gasteiger partial charge < -0.3 is 9.73 Å². The van der Waals surface area contributed by atoms with E-state index in [1.165, 1.54) is 12.8 Å². The molecule has 90 valence electrons. The Morgan fingerprint density at radius 2 is 2.00 bits per heavy atom. The van der Waals surface area contributed by atoms with Crippen molar-refractivity contribution in [3.63, 3.8) is 0 Å². The Labute approximate surface area is 100 Å². The van der Waals surface area contributed by atoms with Gasteiger partial charge in [0.25, 0.3) is 0 Å². The highest BCUT2D eigenvalue weighted by atomic mass is 16.4. The molecule has 0 aliphatic heterocycles. The van der Waals surface area contributed by atoms with Crippen molar-refractivity contribution in [2.45, 2.75) is 26.2 Å². The molecule has 2 aromatic rings. The summed E-state index contributed by atoms with van der Waals surface area (Å²) in [5.74, 6) is 0.519. The maximum absolute atomic E-state index is 5.49. The minimum Gasteiger partial charge on any atom is -0.403 e. The van der Waals surface area contributed by atoms with E-state index < -0.39 is 0 Å². The van der Waals surface area contributed by atoms with Gasteiger partial charge in [0.15, 0.2) is 0 Å². The van der Waals surface area contributed by atoms with E-state index in [2.05, 4.69) is 27.4 Å². The minimum atomic E-state index is 0.480. The van der Waals surface area contributed by atoms with Crippen LogP contribution in [-0.2, 0) is 0 Å². The Balaban J connectivity index is 1.92. The zero-order valence-electron chi connectivity index (χ0n) is 9.89. The summed E-state index contributed by atoms with van der Waals surface area (Å²) in [6, 6.07) is 4.16. The van der Waals surface area contributed by atoms with E-state index in [0.717, 1.165) is 18.5 Å². The summed E-state index contributed by atoms with van der Waals surface area (Å²) in [4.78, 5) is 3.94. The molecule has 0 amide bonds. The van der Waals surface area contributed by atoms with Gasteiger partial charge in [-0.25, -0.2) is 0 Å². The van der Waals surface area contributed by atoms with Crippen LogP contribution in [0.25, 0.3) is 11.5 Å². The summed E-state index contributed by atoms with van der Waals surface area (Å²) < 4.78 is 5.49. The Bertz CT molecular complexity index is 441. The number of nitrogens with one attached hydrogen (secondary N) is 1. The van der Waals surface area contributed by atoms with Crippen LogP contribution in [0.5, 0.6) is 0 Å². The first-order valence-electron chi connectivity index (χ1n) is 5.88. The van der Waals surface area contributed by atoms with Crippen molar-refractivity contribution in [3.05, 3.63) is 24.5 Å². The second-order valence-electron chi connectivity index (χ2n) is 3.78. The Kier molecular flexibility index (Phi) is 4.07. The smallest absolute Gasteiger partial charge is 0.315 e. The maximum atomic E-state index is 5.49. The summed E-state index contributed by atoms with van der Waals surface area (Å²) in [7, 11) is 0. The molecule has 0 fully saturated rings. The molecule has 2 rings (SSSR count). The van der Waals surface area contributed by atoms with Gasteiger partial charge >= 0.3 is 6.01 Å². The molecule has 0 atom stereocenters. The van der Waals surface area contributed by atoms with Gasteiger partial charge in [-0.2, -0.15) is 0 Å². The highest BCUT2D eigenvalue weighted by Gasteiger charge is 2.06. The fourth-order valence-corrected chi connectivity index (χ4v) is 1.48. The highest BCUT2D eigenvalue weighted by Crippen LogP contribution is 2.18. The van der Waals surface area contributed by atoms with Gasteiger partial charge in [-0.3, -0.25) is 4.98 Å². The van der Waals surface area contributed by atoms with Crippen molar-refractivity contribution in [2.75, 3.05) is 11.9 Å². The van der Waals surface area contributed by atoms with Gasteiger partial charge in [-0.05, 0) is 18.6 Å². The molecule has 5 nitrogen and oxygen atoms in total. The van der Waals surface area contributed by atoms with Crippen LogP contribution in [0.1, 0.15) is 26.2 Å². The zero-order chi connectivity index (χ0) is 11.9. The monoisotopic (exact) mass is 232 g/mol. The second kappa shape index (κ2) is 5.98. The highest BCUT2D eigenvalue weighted by molar-refractivity contribution is 5.51. The Hall–Kier alpha value is -1.91. The number of rotatable bonds is 6. The minimum absolute atomic E-state index is 0.480. The molecule has 2 aromatic heterocycles. The number of anilines is 1. The van der Waals surface area contributed by atoms with Crippen molar-refractivity contribution in [1.82, 2.24) is 15.2 Å². The average Bonchev–Trinajstić information content (AvgIpc) is 2.85. The van der Waals surface area contributed by atoms with Crippen LogP contribution in [0.3, 0.4) is 0 Å². The van der Waals surface area contributed by atoms with E-state index in [9.17, 15) is 0 Å². The Morgan fingerprint density at radius 3 is 2.76 bits per heavy atom. The number of nitrogens with zero attached hydrogens (tertiary/aromatic N) is 3. The number of unbranched alkanes of at least 4 members (excludes halogenated alkanes) is 2. The van der Waals surface area contributed by atoms with Crippen molar-refractivity contribution in [2.24, 2.45) is 0 Å². The van der Waals surface area contributed by atoms with Gasteiger partial charge in [0.2, 0.25) is 5.89 Å². The largest absolute Gasteiger partial charge is 0.403 e. The third-order valence-electron chi connectivity index (χ3n) is 2.41. The van der Waals surface area contributed by atoms with Gasteiger partial charge in [-0.15, -0.1) is 5.10 Å². The van der Waals surface area contributed by atoms with Crippen LogP contribution in [0.4, 0.5) is 6.01 Å². The van der Waals surface area contributed by atoms with E-state index in [1.54, 1.807) is 12.4 Å². The van der Waals surface area contributed by atoms with Gasteiger partial charge in [-0.1, -0.05) is 24.9 Å². The van der Waals surface area contributed by atoms with E-state index in [-0.39, 0.29) is 0 Å². The molecule has 17 heavy (non-hydrogen) atoms. The lowest BCUT2D eigenvalue weighted by Gasteiger charge is -1.98. The third kappa shape index (κ3) is 3.27. The fraction of sp³-hybridized carbons (Fsp3) is 0.417. The van der Waals surface area contributed by atoms with Crippen LogP contribution < -0.4 is 5.32 Å². The van der Waals surface area contributed by atoms with Gasteiger partial charge in [0, 0.05) is 24.5 Å². The molecule has 1 N–H and O–H groups in total. The number of pyridine rings is 1. The maximum Gasteiger partial charge on any atom is 0.315 e. The number of aromatic nitrogens is 3. The van der Waals surface area contributed by atoms with Crippen molar-refractivity contribution in [1.29, 1.82) is 0 Å². The van der Waals surface area contributed by atoms with E-state index in [4.69, 9.17) is 4.42 Å². The predicted molar refractivity (Wildman–Crippen MR) is 65.5 cm³/mol. The van der Waals surface area contributed by atoms with E-state index in [1.807, 2.05) is 12.1 Å². The molecule has 0 saturated carbocycles. The van der Waals surface area contributed by atoms with Crippen molar-refractivity contribution in [3.8, 4) is 11.5 Å². The van der Waals surface area contributed by atoms with Crippen LogP contribution in [-0.4, -0.2) is 21.7 Å². The summed E-state index contributed by atoms with van der Waals surface area (Å²) in [5.41, 5.74) is 0.883. The molecule has 2 heterocycles. The molecule has 5 heteroatoms. The predicted octanol–water partition coefficient (Wildman–Crippen LogP) is 2.73. The molecule has 0 aromatic carbocycles. The quantitative estimate of drug-likeness (QED) is 0.776. The molecule has 0 aliphatic carbocycles. The van der Waals surface area contributed by atoms with Crippen LogP contribution in [0, 0.1) is 0 Å². The van der Waals surface area contributed by atoms with Crippen molar-refractivity contribution < 1.29 is 4.42 Å². The normalized spacial score (nSPS) is 10.4. The lowest BCUT2D eigenvalue weighted by atomic mass is 10.2. The Morgan fingerprint density at radius 1 is 1.18 bits per heavy atom. The van der Waals surface area contributed by atoms with E-state index in [0.29, 0.717) is 11.9 Å². The molecule has 0 radical (unpaired) electrons. The molecule has 0 saturated heterocycles. The molecule has 0 unspecified atom stereocenters. The van der Waals surface area contributed by atoms with Crippen LogP contribution in [0.15, 0.2) is 28.9 Å². The first-order valence-corrected chi connectivity index (χ1v) is 5.88. The standard InChI is InChI=1S/C12H16N4O/c1-2-3-4-7-14-12-16-15-11(17-12)10-5-8-13-9-6-10/h5-6,8-9H,2-4,7H2,1H3,(H,14,16). The van der Waals surface area contributed by atoms with Gasteiger partial charge in [0.05, 0.1) is 0 Å². The molecule has 0 bridgehead atoms. The SMILES string of the molecule is CCCCCNc1nnc(-c2ccncc2)o1. The summed E-state index contributed by atoms with van der Waals surface area (Å²) in [6.07, 6.45) is 6.93. The van der Waals surface area contributed by atoms with Crippen LogP contribution in [0.2, 0.25) is 0 Å².